The van der Waals surface area contributed by atoms with Gasteiger partial charge in [-0.2, -0.15) is 0 Å². The molecule has 0 aliphatic carbocycles. The number of fused-ring (bicyclic) bond motifs is 1. The summed E-state index contributed by atoms with van der Waals surface area (Å²) in [6.07, 6.45) is 2.83. The molecule has 2 N–H and O–H groups in total. The van der Waals surface area contributed by atoms with E-state index in [0.29, 0.717) is 6.42 Å². The molecule has 0 spiro atoms. The normalized spacial score (nSPS) is 17.0. The van der Waals surface area contributed by atoms with Crippen molar-refractivity contribution < 1.29 is 9.53 Å². The fraction of sp³-hybridized carbons (Fsp3) is 0.533. The van der Waals surface area contributed by atoms with Crippen molar-refractivity contribution in [1.29, 1.82) is 0 Å². The van der Waals surface area contributed by atoms with E-state index in [1.807, 2.05) is 32.0 Å². The van der Waals surface area contributed by atoms with Crippen molar-refractivity contribution in [3.8, 4) is 0 Å². The summed E-state index contributed by atoms with van der Waals surface area (Å²) < 4.78 is 5.31. The zero-order valence-corrected chi connectivity index (χ0v) is 11.9. The van der Waals surface area contributed by atoms with Crippen molar-refractivity contribution in [3.63, 3.8) is 0 Å². The van der Waals surface area contributed by atoms with E-state index in [1.54, 1.807) is 7.11 Å². The van der Waals surface area contributed by atoms with Gasteiger partial charge in [-0.3, -0.25) is 4.79 Å². The number of hydrogen-bond acceptors (Lipinski definition) is 3. The second-order valence-electron chi connectivity index (χ2n) is 5.14. The van der Waals surface area contributed by atoms with Gasteiger partial charge in [0.15, 0.2) is 0 Å². The lowest BCUT2D eigenvalue weighted by Crippen LogP contribution is -2.41. The molecule has 4 nitrogen and oxygen atoms in total. The average Bonchev–Trinajstić information content (AvgIpc) is 2.46. The monoisotopic (exact) mass is 262 g/mol. The largest absolute Gasteiger partial charge is 0.385 e. The maximum Gasteiger partial charge on any atom is 0.256 e. The molecule has 1 heterocycles. The molecule has 1 aliphatic heterocycles. The minimum absolute atomic E-state index is 0.0961. The van der Waals surface area contributed by atoms with Crippen LogP contribution in [0.3, 0.4) is 0 Å². The first-order chi connectivity index (χ1) is 9.09. The number of hydrogen-bond donors (Lipinski definition) is 2. The Hall–Kier alpha value is -1.55. The van der Waals surface area contributed by atoms with Gasteiger partial charge in [0.05, 0.1) is 0 Å². The predicted octanol–water partition coefficient (Wildman–Crippen LogP) is 2.80. The molecule has 2 rings (SSSR count). The Morgan fingerprint density at radius 1 is 1.53 bits per heavy atom. The van der Waals surface area contributed by atoms with E-state index in [9.17, 15) is 4.79 Å². The molecule has 0 radical (unpaired) electrons. The molecule has 0 bridgehead atoms. The van der Waals surface area contributed by atoms with Crippen molar-refractivity contribution in [2.24, 2.45) is 0 Å². The quantitative estimate of drug-likeness (QED) is 0.877. The van der Waals surface area contributed by atoms with E-state index < -0.39 is 5.60 Å². The minimum atomic E-state index is -0.770. The molecule has 0 saturated carbocycles. The molecule has 1 amide bonds. The Morgan fingerprint density at radius 3 is 3.00 bits per heavy atom. The summed E-state index contributed by atoms with van der Waals surface area (Å²) in [6.45, 7) is 4.78. The maximum atomic E-state index is 12.2. The van der Waals surface area contributed by atoms with Crippen LogP contribution in [0.15, 0.2) is 18.2 Å². The molecule has 0 fully saturated rings. The standard InChI is InChI=1S/C15H22N2O2/c1-4-15(2,19-3)14(18)17-12-7-8-13-11(10-12)6-5-9-16-13/h7-8,10,16H,4-6,9H2,1-3H3,(H,17,18). The number of carbonyl (C=O) groups is 1. The molecule has 0 aromatic heterocycles. The lowest BCUT2D eigenvalue weighted by molar-refractivity contribution is -0.136. The van der Waals surface area contributed by atoms with Crippen molar-refractivity contribution in [2.45, 2.75) is 38.7 Å². The summed E-state index contributed by atoms with van der Waals surface area (Å²) in [5.74, 6) is -0.0961. The van der Waals surface area contributed by atoms with Crippen LogP contribution in [0, 0.1) is 0 Å². The van der Waals surface area contributed by atoms with Crippen molar-refractivity contribution in [2.75, 3.05) is 24.3 Å². The molecular formula is C15H22N2O2. The van der Waals surface area contributed by atoms with E-state index in [0.717, 1.165) is 25.1 Å². The van der Waals surface area contributed by atoms with Gasteiger partial charge in [-0.15, -0.1) is 0 Å². The molecule has 104 valence electrons. The Balaban J connectivity index is 2.13. The van der Waals surface area contributed by atoms with Crippen LogP contribution in [0.25, 0.3) is 0 Å². The van der Waals surface area contributed by atoms with E-state index in [1.165, 1.54) is 11.3 Å². The molecule has 1 aromatic rings. The van der Waals surface area contributed by atoms with Crippen LogP contribution in [0.5, 0.6) is 0 Å². The van der Waals surface area contributed by atoms with E-state index >= 15 is 0 Å². The topological polar surface area (TPSA) is 50.4 Å². The van der Waals surface area contributed by atoms with Crippen LogP contribution < -0.4 is 10.6 Å². The van der Waals surface area contributed by atoms with E-state index in [4.69, 9.17) is 4.74 Å². The Bertz CT molecular complexity index is 467. The highest BCUT2D eigenvalue weighted by Crippen LogP contribution is 2.26. The zero-order chi connectivity index (χ0) is 13.9. The molecule has 1 unspecified atom stereocenters. The number of nitrogens with one attached hydrogen (secondary N) is 2. The second-order valence-corrected chi connectivity index (χ2v) is 5.14. The van der Waals surface area contributed by atoms with E-state index in [2.05, 4.69) is 10.6 Å². The zero-order valence-electron chi connectivity index (χ0n) is 11.9. The summed E-state index contributed by atoms with van der Waals surface area (Å²) in [7, 11) is 1.57. The second kappa shape index (κ2) is 5.61. The number of amides is 1. The van der Waals surface area contributed by atoms with Gasteiger partial charge in [-0.05, 0) is 49.9 Å². The lowest BCUT2D eigenvalue weighted by Gasteiger charge is -2.26. The summed E-state index contributed by atoms with van der Waals surface area (Å²) in [6, 6.07) is 6.01. The first-order valence-corrected chi connectivity index (χ1v) is 6.82. The first kappa shape index (κ1) is 13.9. The summed E-state index contributed by atoms with van der Waals surface area (Å²) in [5.41, 5.74) is 2.51. The number of ether oxygens (including phenoxy) is 1. The number of benzene rings is 1. The Morgan fingerprint density at radius 2 is 2.32 bits per heavy atom. The number of carbonyl (C=O) groups excluding carboxylic acids is 1. The van der Waals surface area contributed by atoms with Gasteiger partial charge in [-0.1, -0.05) is 6.92 Å². The summed E-state index contributed by atoms with van der Waals surface area (Å²) >= 11 is 0. The third-order valence-corrected chi connectivity index (χ3v) is 3.91. The first-order valence-electron chi connectivity index (χ1n) is 6.82. The van der Waals surface area contributed by atoms with Gasteiger partial charge in [-0.25, -0.2) is 0 Å². The van der Waals surface area contributed by atoms with Crippen LogP contribution in [0.2, 0.25) is 0 Å². The smallest absolute Gasteiger partial charge is 0.256 e. The van der Waals surface area contributed by atoms with Gasteiger partial charge in [0, 0.05) is 25.0 Å². The summed E-state index contributed by atoms with van der Waals surface area (Å²) in [4.78, 5) is 12.2. The predicted molar refractivity (Wildman–Crippen MR) is 77.6 cm³/mol. The van der Waals surface area contributed by atoms with Crippen LogP contribution in [-0.4, -0.2) is 25.2 Å². The SMILES string of the molecule is CCC(C)(OC)C(=O)Nc1ccc2c(c1)CCCN2. The summed E-state index contributed by atoms with van der Waals surface area (Å²) in [5, 5.41) is 6.30. The molecule has 0 saturated heterocycles. The highest BCUT2D eigenvalue weighted by atomic mass is 16.5. The van der Waals surface area contributed by atoms with Crippen LogP contribution in [-0.2, 0) is 16.0 Å². The maximum absolute atomic E-state index is 12.2. The van der Waals surface area contributed by atoms with Gasteiger partial charge < -0.3 is 15.4 Å². The van der Waals surface area contributed by atoms with Crippen LogP contribution in [0.1, 0.15) is 32.3 Å². The number of anilines is 2. The lowest BCUT2D eigenvalue weighted by atomic mass is 10.0. The number of rotatable bonds is 4. The number of methoxy groups -OCH3 is 1. The van der Waals surface area contributed by atoms with E-state index in [-0.39, 0.29) is 5.91 Å². The highest BCUT2D eigenvalue weighted by molar-refractivity contribution is 5.97. The van der Waals surface area contributed by atoms with Gasteiger partial charge in [0.1, 0.15) is 5.60 Å². The molecule has 4 heteroatoms. The molecule has 1 aromatic carbocycles. The van der Waals surface area contributed by atoms with Gasteiger partial charge in [0.25, 0.3) is 5.91 Å². The Kier molecular flexibility index (Phi) is 4.10. The van der Waals surface area contributed by atoms with Gasteiger partial charge in [0.2, 0.25) is 0 Å². The highest BCUT2D eigenvalue weighted by Gasteiger charge is 2.31. The minimum Gasteiger partial charge on any atom is -0.385 e. The van der Waals surface area contributed by atoms with Crippen LogP contribution >= 0.6 is 0 Å². The molecule has 1 atom stereocenters. The van der Waals surface area contributed by atoms with Crippen LogP contribution in [0.4, 0.5) is 11.4 Å². The Labute approximate surface area is 114 Å². The third kappa shape index (κ3) is 2.89. The fourth-order valence-corrected chi connectivity index (χ4v) is 2.21. The number of aryl methyl sites for hydroxylation is 1. The fourth-order valence-electron chi connectivity index (χ4n) is 2.21. The molecule has 1 aliphatic rings. The molecule has 19 heavy (non-hydrogen) atoms. The molecular weight excluding hydrogens is 240 g/mol. The van der Waals surface area contributed by atoms with Crippen molar-refractivity contribution in [3.05, 3.63) is 23.8 Å². The average molecular weight is 262 g/mol. The third-order valence-electron chi connectivity index (χ3n) is 3.91. The van der Waals surface area contributed by atoms with Gasteiger partial charge >= 0.3 is 0 Å². The van der Waals surface area contributed by atoms with Crippen molar-refractivity contribution >= 4 is 17.3 Å². The van der Waals surface area contributed by atoms with Crippen molar-refractivity contribution in [1.82, 2.24) is 0 Å².